The minimum absolute atomic E-state index is 0.270. The lowest BCUT2D eigenvalue weighted by Gasteiger charge is -2.07. The standard InChI is InChI=1S/C17H15ClFN3OS/c18-14-7-4-8-15(19)13(14)11-24-17-21-20-16(23)22(17)10-9-12-5-2-1-3-6-12/h1-8H,9-11H2,(H,20,23). The first-order valence-corrected chi connectivity index (χ1v) is 8.76. The number of halogens is 2. The summed E-state index contributed by atoms with van der Waals surface area (Å²) in [6.07, 6.45) is 0.717. The molecule has 4 nitrogen and oxygen atoms in total. The van der Waals surface area contributed by atoms with Crippen molar-refractivity contribution in [3.05, 3.63) is 81.0 Å². The second-order valence-corrected chi connectivity index (χ2v) is 6.54. The average molecular weight is 364 g/mol. The summed E-state index contributed by atoms with van der Waals surface area (Å²) in [5, 5.41) is 7.37. The fourth-order valence-electron chi connectivity index (χ4n) is 2.30. The number of thioether (sulfide) groups is 1. The van der Waals surface area contributed by atoms with Gasteiger partial charge >= 0.3 is 5.69 Å². The van der Waals surface area contributed by atoms with Crippen LogP contribution in [0, 0.1) is 5.82 Å². The zero-order valence-electron chi connectivity index (χ0n) is 12.7. The van der Waals surface area contributed by atoms with Crippen molar-refractivity contribution in [3.8, 4) is 0 Å². The molecule has 2 aromatic carbocycles. The van der Waals surface area contributed by atoms with Crippen LogP contribution in [0.5, 0.6) is 0 Å². The lowest BCUT2D eigenvalue weighted by Crippen LogP contribution is -2.18. The number of nitrogens with one attached hydrogen (secondary N) is 1. The molecule has 0 bridgehead atoms. The predicted molar refractivity (Wildman–Crippen MR) is 94.0 cm³/mol. The first-order chi connectivity index (χ1) is 11.6. The van der Waals surface area contributed by atoms with Gasteiger partial charge in [0.1, 0.15) is 5.82 Å². The zero-order chi connectivity index (χ0) is 16.9. The van der Waals surface area contributed by atoms with Crippen LogP contribution in [0.1, 0.15) is 11.1 Å². The Kier molecular flexibility index (Phi) is 5.37. The Bertz CT molecular complexity index is 859. The summed E-state index contributed by atoms with van der Waals surface area (Å²) in [5.41, 5.74) is 1.28. The molecule has 124 valence electrons. The van der Waals surface area contributed by atoms with Crippen molar-refractivity contribution in [1.29, 1.82) is 0 Å². The van der Waals surface area contributed by atoms with Crippen LogP contribution in [0.3, 0.4) is 0 Å². The van der Waals surface area contributed by atoms with E-state index in [1.165, 1.54) is 17.8 Å². The van der Waals surface area contributed by atoms with Crippen molar-refractivity contribution in [2.45, 2.75) is 23.9 Å². The fourth-order valence-corrected chi connectivity index (χ4v) is 3.62. The molecule has 0 saturated heterocycles. The van der Waals surface area contributed by atoms with Crippen LogP contribution in [0.4, 0.5) is 4.39 Å². The lowest BCUT2D eigenvalue weighted by atomic mass is 10.1. The molecule has 3 rings (SSSR count). The molecular formula is C17H15ClFN3OS. The quantitative estimate of drug-likeness (QED) is 0.676. The fraction of sp³-hybridized carbons (Fsp3) is 0.176. The normalized spacial score (nSPS) is 10.9. The van der Waals surface area contributed by atoms with E-state index in [9.17, 15) is 9.18 Å². The first-order valence-electron chi connectivity index (χ1n) is 7.40. The molecular weight excluding hydrogens is 349 g/mol. The van der Waals surface area contributed by atoms with Gasteiger partial charge in [0.15, 0.2) is 5.16 Å². The molecule has 0 amide bonds. The van der Waals surface area contributed by atoms with Gasteiger partial charge < -0.3 is 0 Å². The lowest BCUT2D eigenvalue weighted by molar-refractivity contribution is 0.612. The number of aromatic nitrogens is 3. The summed E-state index contributed by atoms with van der Waals surface area (Å²) < 4.78 is 15.4. The smallest absolute Gasteiger partial charge is 0.270 e. The minimum atomic E-state index is -0.358. The van der Waals surface area contributed by atoms with Gasteiger partial charge in [0.25, 0.3) is 0 Å². The van der Waals surface area contributed by atoms with Crippen molar-refractivity contribution in [2.75, 3.05) is 0 Å². The van der Waals surface area contributed by atoms with Crippen LogP contribution in [-0.4, -0.2) is 14.8 Å². The van der Waals surface area contributed by atoms with Crippen LogP contribution < -0.4 is 5.69 Å². The van der Waals surface area contributed by atoms with Crippen LogP contribution in [-0.2, 0) is 18.7 Å². The van der Waals surface area contributed by atoms with Crippen molar-refractivity contribution in [2.24, 2.45) is 0 Å². The number of benzene rings is 2. The second-order valence-electron chi connectivity index (χ2n) is 5.19. The molecule has 0 spiro atoms. The SMILES string of the molecule is O=c1[nH]nc(SCc2c(F)cccc2Cl)n1CCc1ccccc1. The molecule has 0 atom stereocenters. The topological polar surface area (TPSA) is 50.7 Å². The third-order valence-electron chi connectivity index (χ3n) is 3.60. The maximum Gasteiger partial charge on any atom is 0.343 e. The molecule has 0 radical (unpaired) electrons. The van der Waals surface area contributed by atoms with Gasteiger partial charge in [0, 0.05) is 22.9 Å². The van der Waals surface area contributed by atoms with Gasteiger partial charge in [-0.3, -0.25) is 4.57 Å². The first kappa shape index (κ1) is 16.8. The largest absolute Gasteiger partial charge is 0.343 e. The number of nitrogens with zero attached hydrogens (tertiary/aromatic N) is 2. The predicted octanol–water partition coefficient (Wildman–Crippen LogP) is 3.90. The van der Waals surface area contributed by atoms with Crippen LogP contribution in [0.25, 0.3) is 0 Å². The molecule has 0 unspecified atom stereocenters. The summed E-state index contributed by atoms with van der Waals surface area (Å²) in [6, 6.07) is 14.5. The van der Waals surface area contributed by atoms with E-state index in [4.69, 9.17) is 11.6 Å². The Morgan fingerprint density at radius 1 is 1.17 bits per heavy atom. The Hall–Kier alpha value is -2.05. The van der Waals surface area contributed by atoms with E-state index in [1.807, 2.05) is 30.3 Å². The summed E-state index contributed by atoms with van der Waals surface area (Å²) in [4.78, 5) is 11.9. The molecule has 1 heterocycles. The third kappa shape index (κ3) is 3.88. The van der Waals surface area contributed by atoms with Crippen molar-refractivity contribution >= 4 is 23.4 Å². The molecule has 0 aliphatic rings. The number of H-pyrrole nitrogens is 1. The molecule has 1 N–H and O–H groups in total. The third-order valence-corrected chi connectivity index (χ3v) is 4.95. The van der Waals surface area contributed by atoms with Crippen molar-refractivity contribution < 1.29 is 4.39 Å². The van der Waals surface area contributed by atoms with Gasteiger partial charge in [-0.1, -0.05) is 59.8 Å². The van der Waals surface area contributed by atoms with Crippen molar-refractivity contribution in [1.82, 2.24) is 14.8 Å². The summed E-state index contributed by atoms with van der Waals surface area (Å²) in [7, 11) is 0. The number of hydrogen-bond donors (Lipinski definition) is 1. The van der Waals surface area contributed by atoms with Gasteiger partial charge in [0.05, 0.1) is 0 Å². The number of hydrogen-bond acceptors (Lipinski definition) is 3. The van der Waals surface area contributed by atoms with E-state index >= 15 is 0 Å². The van der Waals surface area contributed by atoms with E-state index in [-0.39, 0.29) is 11.5 Å². The maximum absolute atomic E-state index is 13.8. The molecule has 0 saturated carbocycles. The monoisotopic (exact) mass is 363 g/mol. The summed E-state index contributed by atoms with van der Waals surface area (Å²) in [5.74, 6) is -0.0510. The number of rotatable bonds is 6. The van der Waals surface area contributed by atoms with E-state index in [1.54, 1.807) is 16.7 Å². The molecule has 0 fully saturated rings. The van der Waals surface area contributed by atoms with Gasteiger partial charge in [-0.2, -0.15) is 0 Å². The van der Waals surface area contributed by atoms with Gasteiger partial charge in [-0.15, -0.1) is 5.10 Å². The maximum atomic E-state index is 13.8. The number of aromatic amines is 1. The van der Waals surface area contributed by atoms with Crippen molar-refractivity contribution in [3.63, 3.8) is 0 Å². The Morgan fingerprint density at radius 3 is 2.71 bits per heavy atom. The molecule has 3 aromatic rings. The van der Waals surface area contributed by atoms with Gasteiger partial charge in [-0.25, -0.2) is 14.3 Å². The Morgan fingerprint density at radius 2 is 1.96 bits per heavy atom. The van der Waals surface area contributed by atoms with Gasteiger partial charge in [-0.05, 0) is 24.1 Å². The van der Waals surface area contributed by atoms with E-state index < -0.39 is 0 Å². The van der Waals surface area contributed by atoms with Crippen LogP contribution in [0.2, 0.25) is 5.02 Å². The highest BCUT2D eigenvalue weighted by molar-refractivity contribution is 7.98. The molecule has 0 aliphatic heterocycles. The molecule has 1 aromatic heterocycles. The summed E-state index contributed by atoms with van der Waals surface area (Å²) >= 11 is 7.31. The second kappa shape index (κ2) is 7.68. The number of aryl methyl sites for hydroxylation is 1. The zero-order valence-corrected chi connectivity index (χ0v) is 14.3. The highest BCUT2D eigenvalue weighted by Gasteiger charge is 2.12. The van der Waals surface area contributed by atoms with E-state index in [0.717, 1.165) is 5.56 Å². The highest BCUT2D eigenvalue weighted by atomic mass is 35.5. The molecule has 24 heavy (non-hydrogen) atoms. The highest BCUT2D eigenvalue weighted by Crippen LogP contribution is 2.27. The van der Waals surface area contributed by atoms with E-state index in [0.29, 0.717) is 34.5 Å². The molecule has 0 aliphatic carbocycles. The Labute approximate surface area is 147 Å². The molecule has 7 heteroatoms. The van der Waals surface area contributed by atoms with Crippen LogP contribution in [0.15, 0.2) is 58.5 Å². The summed E-state index contributed by atoms with van der Waals surface area (Å²) in [6.45, 7) is 0.507. The minimum Gasteiger partial charge on any atom is -0.270 e. The van der Waals surface area contributed by atoms with Gasteiger partial charge in [0.2, 0.25) is 0 Å². The van der Waals surface area contributed by atoms with E-state index in [2.05, 4.69) is 10.2 Å². The van der Waals surface area contributed by atoms with Crippen LogP contribution >= 0.6 is 23.4 Å². The average Bonchev–Trinajstić information content (AvgIpc) is 2.93. The Balaban J connectivity index is 1.72.